The van der Waals surface area contributed by atoms with Gasteiger partial charge in [0.2, 0.25) is 0 Å². The van der Waals surface area contributed by atoms with E-state index in [1.54, 1.807) is 20.8 Å². The highest BCUT2D eigenvalue weighted by Crippen LogP contribution is 2.21. The molecule has 140 valence electrons. The van der Waals surface area contributed by atoms with Gasteiger partial charge in [0.1, 0.15) is 11.4 Å². The first kappa shape index (κ1) is 19.7. The lowest BCUT2D eigenvalue weighted by atomic mass is 10.2. The van der Waals surface area contributed by atoms with Crippen LogP contribution in [-0.2, 0) is 14.6 Å². The summed E-state index contributed by atoms with van der Waals surface area (Å²) in [6.45, 7) is 6.57. The van der Waals surface area contributed by atoms with Gasteiger partial charge in [-0.25, -0.2) is 17.6 Å². The van der Waals surface area contributed by atoms with Gasteiger partial charge < -0.3 is 14.5 Å². The van der Waals surface area contributed by atoms with Crippen LogP contribution in [0.1, 0.15) is 20.8 Å². The molecule has 25 heavy (non-hydrogen) atoms. The van der Waals surface area contributed by atoms with E-state index < -0.39 is 32.6 Å². The molecule has 1 saturated heterocycles. The number of sulfone groups is 1. The highest BCUT2D eigenvalue weighted by atomic mass is 32.2. The number of hydrogen-bond acceptors (Lipinski definition) is 5. The molecule has 2 rings (SSSR count). The molecule has 8 heteroatoms. The number of amides is 1. The zero-order valence-electron chi connectivity index (χ0n) is 15.0. The quantitative estimate of drug-likeness (QED) is 0.744. The minimum atomic E-state index is -3.70. The molecule has 1 heterocycles. The van der Waals surface area contributed by atoms with Crippen molar-refractivity contribution in [3.8, 4) is 0 Å². The largest absolute Gasteiger partial charge is 0.444 e. The van der Waals surface area contributed by atoms with Gasteiger partial charge in [0.15, 0.2) is 9.84 Å². The Bertz CT molecular complexity index is 713. The van der Waals surface area contributed by atoms with Crippen LogP contribution in [0.2, 0.25) is 0 Å². The number of nitrogens with zero attached hydrogens (tertiary/aromatic N) is 2. The number of ether oxygens (including phenoxy) is 1. The Labute approximate surface area is 148 Å². The molecule has 0 aliphatic carbocycles. The lowest BCUT2D eigenvalue weighted by molar-refractivity contribution is 0.0260. The first-order valence-corrected chi connectivity index (χ1v) is 9.69. The fourth-order valence-electron chi connectivity index (χ4n) is 2.63. The van der Waals surface area contributed by atoms with E-state index >= 15 is 0 Å². The second-order valence-electron chi connectivity index (χ2n) is 7.31. The number of benzene rings is 1. The van der Waals surface area contributed by atoms with Crippen LogP contribution in [0.25, 0.3) is 0 Å². The van der Waals surface area contributed by atoms with Crippen LogP contribution in [0, 0.1) is 5.82 Å². The minimum Gasteiger partial charge on any atom is -0.444 e. The molecule has 0 spiro atoms. The van der Waals surface area contributed by atoms with Gasteiger partial charge in [-0.15, -0.1) is 0 Å². The molecule has 0 N–H and O–H groups in total. The molecule has 0 saturated carbocycles. The van der Waals surface area contributed by atoms with Crippen LogP contribution >= 0.6 is 0 Å². The van der Waals surface area contributed by atoms with Crippen molar-refractivity contribution in [3.63, 3.8) is 0 Å². The van der Waals surface area contributed by atoms with Crippen molar-refractivity contribution in [2.75, 3.05) is 33.2 Å². The van der Waals surface area contributed by atoms with Gasteiger partial charge in [0.25, 0.3) is 0 Å². The smallest absolute Gasteiger partial charge is 0.410 e. The predicted molar refractivity (Wildman–Crippen MR) is 92.7 cm³/mol. The van der Waals surface area contributed by atoms with Crippen molar-refractivity contribution in [2.24, 2.45) is 0 Å². The van der Waals surface area contributed by atoms with Crippen molar-refractivity contribution in [2.45, 2.75) is 36.5 Å². The molecule has 1 aliphatic heterocycles. The molecule has 1 amide bonds. The average Bonchev–Trinajstić information content (AvgIpc) is 2.68. The highest BCUT2D eigenvalue weighted by molar-refractivity contribution is 7.92. The highest BCUT2D eigenvalue weighted by Gasteiger charge is 2.35. The Morgan fingerprint density at radius 2 is 1.76 bits per heavy atom. The molecule has 1 fully saturated rings. The summed E-state index contributed by atoms with van der Waals surface area (Å²) in [5, 5.41) is -0.807. The van der Waals surface area contributed by atoms with E-state index in [1.807, 2.05) is 11.9 Å². The maximum absolute atomic E-state index is 13.1. The van der Waals surface area contributed by atoms with E-state index in [0.29, 0.717) is 19.6 Å². The number of carbonyl (C=O) groups is 1. The normalized spacial score (nSPS) is 20.2. The van der Waals surface area contributed by atoms with Crippen molar-refractivity contribution in [1.82, 2.24) is 9.80 Å². The van der Waals surface area contributed by atoms with E-state index in [9.17, 15) is 17.6 Å². The first-order valence-electron chi connectivity index (χ1n) is 8.15. The molecule has 1 aromatic rings. The molecule has 1 aliphatic rings. The van der Waals surface area contributed by atoms with Crippen molar-refractivity contribution >= 4 is 15.9 Å². The third-order valence-electron chi connectivity index (χ3n) is 3.92. The van der Waals surface area contributed by atoms with Crippen LogP contribution in [0.3, 0.4) is 0 Å². The van der Waals surface area contributed by atoms with Gasteiger partial charge in [-0.3, -0.25) is 0 Å². The van der Waals surface area contributed by atoms with Gasteiger partial charge in [0.05, 0.1) is 10.1 Å². The SMILES string of the molecule is CN1CCN(C(=O)OC(C)(C)C)CC(S(=O)(=O)c2ccc(F)cc2)C1. The van der Waals surface area contributed by atoms with Crippen LogP contribution in [0.5, 0.6) is 0 Å². The summed E-state index contributed by atoms with van der Waals surface area (Å²) in [4.78, 5) is 15.7. The fourth-order valence-corrected chi connectivity index (χ4v) is 4.36. The molecule has 1 aromatic carbocycles. The predicted octanol–water partition coefficient (Wildman–Crippen LogP) is 2.15. The first-order chi connectivity index (χ1) is 11.5. The summed E-state index contributed by atoms with van der Waals surface area (Å²) in [7, 11) is -1.89. The summed E-state index contributed by atoms with van der Waals surface area (Å²) in [5.74, 6) is -0.493. The second-order valence-corrected chi connectivity index (χ2v) is 9.54. The molecule has 0 aromatic heterocycles. The minimum absolute atomic E-state index is 0.0406. The van der Waals surface area contributed by atoms with Crippen molar-refractivity contribution in [1.29, 1.82) is 0 Å². The Hall–Kier alpha value is -1.67. The van der Waals surface area contributed by atoms with Gasteiger partial charge in [-0.2, -0.15) is 0 Å². The number of carbonyl (C=O) groups excluding carboxylic acids is 1. The third-order valence-corrected chi connectivity index (χ3v) is 6.03. The van der Waals surface area contributed by atoms with E-state index in [2.05, 4.69) is 0 Å². The Morgan fingerprint density at radius 3 is 2.32 bits per heavy atom. The molecule has 6 nitrogen and oxygen atoms in total. The summed E-state index contributed by atoms with van der Waals surface area (Å²) in [5.41, 5.74) is -0.652. The van der Waals surface area contributed by atoms with Crippen LogP contribution in [0.4, 0.5) is 9.18 Å². The molecule has 1 atom stereocenters. The van der Waals surface area contributed by atoms with Gasteiger partial charge in [-0.05, 0) is 52.1 Å². The fraction of sp³-hybridized carbons (Fsp3) is 0.588. The zero-order valence-corrected chi connectivity index (χ0v) is 15.8. The summed E-state index contributed by atoms with van der Waals surface area (Å²) >= 11 is 0. The van der Waals surface area contributed by atoms with Crippen molar-refractivity contribution < 1.29 is 22.3 Å². The maximum atomic E-state index is 13.1. The lowest BCUT2D eigenvalue weighted by Gasteiger charge is -2.28. The average molecular weight is 372 g/mol. The number of rotatable bonds is 2. The lowest BCUT2D eigenvalue weighted by Crippen LogP contribution is -2.43. The molecule has 0 bridgehead atoms. The summed E-state index contributed by atoms with van der Waals surface area (Å²) < 4.78 is 44.3. The van der Waals surface area contributed by atoms with Crippen LogP contribution < -0.4 is 0 Å². The zero-order chi connectivity index (χ0) is 18.8. The van der Waals surface area contributed by atoms with Crippen LogP contribution in [-0.4, -0.2) is 68.4 Å². The number of likely N-dealkylation sites (N-methyl/N-ethyl adjacent to an activating group) is 1. The number of hydrogen-bond donors (Lipinski definition) is 0. The molecule has 0 radical (unpaired) electrons. The monoisotopic (exact) mass is 372 g/mol. The van der Waals surface area contributed by atoms with Gasteiger partial charge in [-0.1, -0.05) is 0 Å². The molecular weight excluding hydrogens is 347 g/mol. The Morgan fingerprint density at radius 1 is 1.16 bits per heavy atom. The molecular formula is C17H25FN2O4S. The van der Waals surface area contributed by atoms with E-state index in [0.717, 1.165) is 12.1 Å². The second kappa shape index (κ2) is 7.29. The maximum Gasteiger partial charge on any atom is 0.410 e. The van der Waals surface area contributed by atoms with Crippen LogP contribution in [0.15, 0.2) is 29.2 Å². The molecule has 1 unspecified atom stereocenters. The summed E-state index contributed by atoms with van der Waals surface area (Å²) in [6, 6.07) is 4.76. The number of halogens is 1. The standard InChI is InChI=1S/C17H25FN2O4S/c1-17(2,3)24-16(21)20-10-9-19(4)11-15(12-20)25(22,23)14-7-5-13(18)6-8-14/h5-8,15H,9-12H2,1-4H3. The van der Waals surface area contributed by atoms with E-state index in [-0.39, 0.29) is 11.4 Å². The van der Waals surface area contributed by atoms with E-state index in [4.69, 9.17) is 4.74 Å². The topological polar surface area (TPSA) is 66.9 Å². The van der Waals surface area contributed by atoms with E-state index in [1.165, 1.54) is 17.0 Å². The van der Waals surface area contributed by atoms with Crippen molar-refractivity contribution in [3.05, 3.63) is 30.1 Å². The van der Waals surface area contributed by atoms with Gasteiger partial charge >= 0.3 is 6.09 Å². The Balaban J connectivity index is 2.25. The Kier molecular flexibility index (Phi) is 5.73. The third kappa shape index (κ3) is 5.15. The summed E-state index contributed by atoms with van der Waals surface area (Å²) in [6.07, 6.45) is -0.526. The van der Waals surface area contributed by atoms with Gasteiger partial charge in [0, 0.05) is 26.2 Å².